The summed E-state index contributed by atoms with van der Waals surface area (Å²) in [5.74, 6) is 0.472. The number of nitrogens with two attached hydrogens (primary N) is 1. The molecule has 114 valence electrons. The lowest BCUT2D eigenvalue weighted by molar-refractivity contribution is 0.0935. The Morgan fingerprint density at radius 1 is 1.33 bits per heavy atom. The third-order valence-corrected chi connectivity index (χ3v) is 3.31. The minimum Gasteiger partial charge on any atom is -0.467 e. The predicted octanol–water partition coefficient (Wildman–Crippen LogP) is 3.35. The number of hydrogen-bond acceptors (Lipinski definition) is 3. The van der Waals surface area contributed by atoms with E-state index < -0.39 is 0 Å². The summed E-state index contributed by atoms with van der Waals surface area (Å²) in [5.41, 5.74) is 8.29. The van der Waals surface area contributed by atoms with Gasteiger partial charge in [0.05, 0.1) is 18.2 Å². The molecule has 0 fully saturated rings. The average Bonchev–Trinajstić information content (AvgIpc) is 2.94. The first-order valence-electron chi connectivity index (χ1n) is 6.79. The second kappa shape index (κ2) is 7.86. The van der Waals surface area contributed by atoms with Crippen molar-refractivity contribution in [1.29, 1.82) is 0 Å². The largest absolute Gasteiger partial charge is 0.467 e. The number of amides is 1. The Morgan fingerprint density at radius 3 is 2.52 bits per heavy atom. The van der Waals surface area contributed by atoms with E-state index in [0.717, 1.165) is 12.0 Å². The van der Waals surface area contributed by atoms with Crippen LogP contribution in [0.15, 0.2) is 41.0 Å². The molecule has 0 saturated carbocycles. The summed E-state index contributed by atoms with van der Waals surface area (Å²) in [6.45, 7) is 4.39. The van der Waals surface area contributed by atoms with Gasteiger partial charge in [0.2, 0.25) is 0 Å². The lowest BCUT2D eigenvalue weighted by atomic mass is 10.0. The normalized spacial score (nSPS) is 11.6. The van der Waals surface area contributed by atoms with Crippen molar-refractivity contribution in [1.82, 2.24) is 5.32 Å². The fourth-order valence-corrected chi connectivity index (χ4v) is 2.07. The third kappa shape index (κ3) is 4.34. The van der Waals surface area contributed by atoms with Gasteiger partial charge in [-0.3, -0.25) is 4.79 Å². The van der Waals surface area contributed by atoms with Gasteiger partial charge in [-0.05, 0) is 25.0 Å². The van der Waals surface area contributed by atoms with Gasteiger partial charge in [0.1, 0.15) is 12.0 Å². The van der Waals surface area contributed by atoms with Crippen LogP contribution in [-0.4, -0.2) is 5.91 Å². The number of carbonyl (C=O) groups excluding carboxylic acids is 1. The molecule has 0 aliphatic heterocycles. The van der Waals surface area contributed by atoms with Crippen molar-refractivity contribution in [2.24, 2.45) is 5.73 Å². The average molecular weight is 309 g/mol. The molecule has 0 spiro atoms. The van der Waals surface area contributed by atoms with Gasteiger partial charge >= 0.3 is 0 Å². The summed E-state index contributed by atoms with van der Waals surface area (Å²) in [6, 6.07) is 9.87. The van der Waals surface area contributed by atoms with Gasteiger partial charge in [-0.15, -0.1) is 12.4 Å². The van der Waals surface area contributed by atoms with Gasteiger partial charge in [-0.1, -0.05) is 36.8 Å². The number of carbonyl (C=O) groups is 1. The summed E-state index contributed by atoms with van der Waals surface area (Å²) in [4.78, 5) is 12.2. The van der Waals surface area contributed by atoms with E-state index >= 15 is 0 Å². The van der Waals surface area contributed by atoms with Crippen LogP contribution in [0.1, 0.15) is 46.6 Å². The fourth-order valence-electron chi connectivity index (χ4n) is 2.07. The quantitative estimate of drug-likeness (QED) is 0.890. The minimum atomic E-state index is -0.138. The number of benzene rings is 1. The second-order valence-electron chi connectivity index (χ2n) is 4.85. The highest BCUT2D eigenvalue weighted by molar-refractivity contribution is 5.94. The van der Waals surface area contributed by atoms with E-state index in [0.29, 0.717) is 17.9 Å². The van der Waals surface area contributed by atoms with Crippen LogP contribution in [0, 0.1) is 6.92 Å². The summed E-state index contributed by atoms with van der Waals surface area (Å²) in [6.07, 6.45) is 2.27. The second-order valence-corrected chi connectivity index (χ2v) is 4.85. The van der Waals surface area contributed by atoms with E-state index in [4.69, 9.17) is 10.2 Å². The molecule has 2 rings (SSSR count). The number of rotatable bonds is 5. The fraction of sp³-hybridized carbons (Fsp3) is 0.312. The van der Waals surface area contributed by atoms with E-state index in [9.17, 15) is 4.79 Å². The number of halogens is 1. The molecular formula is C16H21ClN2O2. The molecule has 5 heteroatoms. The van der Waals surface area contributed by atoms with E-state index in [1.165, 1.54) is 11.8 Å². The maximum Gasteiger partial charge on any atom is 0.255 e. The molecule has 0 aliphatic rings. The SMILES string of the molecule is CCC(NC(=O)c1coc(CN)c1)c1ccc(C)cc1.Cl. The molecule has 1 unspecified atom stereocenters. The smallest absolute Gasteiger partial charge is 0.255 e. The highest BCUT2D eigenvalue weighted by atomic mass is 35.5. The van der Waals surface area contributed by atoms with Crippen LogP contribution in [0.25, 0.3) is 0 Å². The van der Waals surface area contributed by atoms with E-state index in [1.54, 1.807) is 6.07 Å². The van der Waals surface area contributed by atoms with Crippen LogP contribution < -0.4 is 11.1 Å². The van der Waals surface area contributed by atoms with Crippen molar-refractivity contribution < 1.29 is 9.21 Å². The van der Waals surface area contributed by atoms with Crippen LogP contribution in [0.5, 0.6) is 0 Å². The molecule has 1 atom stereocenters. The summed E-state index contributed by atoms with van der Waals surface area (Å²) in [5, 5.41) is 3.02. The van der Waals surface area contributed by atoms with Crippen LogP contribution in [0.2, 0.25) is 0 Å². The Morgan fingerprint density at radius 2 is 2.00 bits per heavy atom. The van der Waals surface area contributed by atoms with E-state index in [1.807, 2.05) is 26.0 Å². The Hall–Kier alpha value is -1.78. The zero-order valence-corrected chi connectivity index (χ0v) is 13.1. The molecule has 0 bridgehead atoms. The molecule has 1 amide bonds. The van der Waals surface area contributed by atoms with Gasteiger partial charge in [0.15, 0.2) is 0 Å². The maximum atomic E-state index is 12.2. The van der Waals surface area contributed by atoms with Crippen LogP contribution in [0.4, 0.5) is 0 Å². The van der Waals surface area contributed by atoms with Gasteiger partial charge in [-0.2, -0.15) is 0 Å². The number of furan rings is 1. The highest BCUT2D eigenvalue weighted by Gasteiger charge is 2.15. The Labute approximate surface area is 131 Å². The van der Waals surface area contributed by atoms with Crippen molar-refractivity contribution in [3.8, 4) is 0 Å². The van der Waals surface area contributed by atoms with Crippen molar-refractivity contribution in [2.75, 3.05) is 0 Å². The number of hydrogen-bond donors (Lipinski definition) is 2. The Bertz CT molecular complexity index is 578. The molecule has 4 nitrogen and oxygen atoms in total. The summed E-state index contributed by atoms with van der Waals surface area (Å²) < 4.78 is 5.19. The van der Waals surface area contributed by atoms with Crippen LogP contribution in [-0.2, 0) is 6.54 Å². The Balaban J connectivity index is 0.00000220. The lowest BCUT2D eigenvalue weighted by Crippen LogP contribution is -2.27. The van der Waals surface area contributed by atoms with Crippen molar-refractivity contribution in [3.63, 3.8) is 0 Å². The Kier molecular flexibility index (Phi) is 6.46. The molecule has 0 saturated heterocycles. The first-order chi connectivity index (χ1) is 9.63. The zero-order chi connectivity index (χ0) is 14.5. The first-order valence-corrected chi connectivity index (χ1v) is 6.79. The standard InChI is InChI=1S/C16H20N2O2.ClH/c1-3-15(12-6-4-11(2)5-7-12)18-16(19)13-8-14(9-17)20-10-13;/h4-8,10,15H,3,9,17H2,1-2H3,(H,18,19);1H. The van der Waals surface area contributed by atoms with Crippen LogP contribution >= 0.6 is 12.4 Å². The molecule has 1 aromatic carbocycles. The molecular weight excluding hydrogens is 288 g/mol. The van der Waals surface area contributed by atoms with Gasteiger partial charge in [-0.25, -0.2) is 0 Å². The molecule has 2 aromatic rings. The lowest BCUT2D eigenvalue weighted by Gasteiger charge is -2.17. The van der Waals surface area contributed by atoms with Gasteiger partial charge < -0.3 is 15.5 Å². The monoisotopic (exact) mass is 308 g/mol. The highest BCUT2D eigenvalue weighted by Crippen LogP contribution is 2.18. The first kappa shape index (κ1) is 17.3. The number of aryl methyl sites for hydroxylation is 1. The summed E-state index contributed by atoms with van der Waals surface area (Å²) in [7, 11) is 0. The topological polar surface area (TPSA) is 68.3 Å². The van der Waals surface area contributed by atoms with Crippen molar-refractivity contribution in [2.45, 2.75) is 32.9 Å². The maximum absolute atomic E-state index is 12.2. The van der Waals surface area contributed by atoms with Gasteiger partial charge in [0, 0.05) is 0 Å². The molecule has 1 heterocycles. The zero-order valence-electron chi connectivity index (χ0n) is 12.3. The third-order valence-electron chi connectivity index (χ3n) is 3.31. The van der Waals surface area contributed by atoms with Gasteiger partial charge in [0.25, 0.3) is 5.91 Å². The summed E-state index contributed by atoms with van der Waals surface area (Å²) >= 11 is 0. The molecule has 0 radical (unpaired) electrons. The molecule has 1 aromatic heterocycles. The number of nitrogens with one attached hydrogen (secondary N) is 1. The molecule has 21 heavy (non-hydrogen) atoms. The minimum absolute atomic E-state index is 0. The molecule has 0 aliphatic carbocycles. The predicted molar refractivity (Wildman–Crippen MR) is 85.5 cm³/mol. The van der Waals surface area contributed by atoms with E-state index in [-0.39, 0.29) is 24.4 Å². The van der Waals surface area contributed by atoms with Crippen LogP contribution in [0.3, 0.4) is 0 Å². The molecule has 3 N–H and O–H groups in total. The van der Waals surface area contributed by atoms with E-state index in [2.05, 4.69) is 17.4 Å². The van der Waals surface area contributed by atoms with Crippen molar-refractivity contribution >= 4 is 18.3 Å². The van der Waals surface area contributed by atoms with Crippen molar-refractivity contribution in [3.05, 3.63) is 59.0 Å².